The van der Waals surface area contributed by atoms with Gasteiger partial charge in [0.25, 0.3) is 0 Å². The fourth-order valence-corrected chi connectivity index (χ4v) is 3.99. The fourth-order valence-electron chi connectivity index (χ4n) is 2.07. The van der Waals surface area contributed by atoms with Gasteiger partial charge in [0.1, 0.15) is 0 Å². The number of benzene rings is 2. The Labute approximate surface area is 130 Å². The molecule has 2 rings (SSSR count). The first-order valence-corrected chi connectivity index (χ1v) is 8.71. The van der Waals surface area contributed by atoms with Gasteiger partial charge in [0.2, 0.25) is 0 Å². The first-order chi connectivity index (χ1) is 9.94. The molecule has 0 saturated carbocycles. The van der Waals surface area contributed by atoms with Crippen molar-refractivity contribution < 1.29 is 13.5 Å². The van der Waals surface area contributed by atoms with E-state index < -0.39 is 15.9 Å². The maximum Gasteiger partial charge on any atom is 0.182 e. The normalized spacial score (nSPS) is 13.1. The molecule has 1 N–H and O–H groups in total. The lowest BCUT2D eigenvalue weighted by Gasteiger charge is -2.13. The lowest BCUT2D eigenvalue weighted by atomic mass is 10.1. The van der Waals surface area contributed by atoms with Gasteiger partial charge < -0.3 is 5.11 Å². The number of hydrogen-bond donors (Lipinski definition) is 1. The van der Waals surface area contributed by atoms with Crippen LogP contribution in [0.25, 0.3) is 0 Å². The molecule has 0 aromatic heterocycles. The van der Waals surface area contributed by atoms with Gasteiger partial charge in [-0.1, -0.05) is 54.9 Å². The molecule has 0 bridgehead atoms. The Kier molecular flexibility index (Phi) is 5.04. The Bertz CT molecular complexity index is 709. The zero-order valence-corrected chi connectivity index (χ0v) is 13.2. The molecule has 5 heteroatoms. The quantitative estimate of drug-likeness (QED) is 0.917. The first kappa shape index (κ1) is 16.0. The summed E-state index contributed by atoms with van der Waals surface area (Å²) in [6.45, 7) is 2.04. The van der Waals surface area contributed by atoms with Crippen molar-refractivity contribution in [2.75, 3.05) is 5.75 Å². The highest BCUT2D eigenvalue weighted by molar-refractivity contribution is 7.91. The van der Waals surface area contributed by atoms with Crippen molar-refractivity contribution in [1.82, 2.24) is 0 Å². The topological polar surface area (TPSA) is 54.4 Å². The molecule has 2 aromatic carbocycles. The summed E-state index contributed by atoms with van der Waals surface area (Å²) in [7, 11) is -3.64. The Morgan fingerprint density at radius 1 is 1.10 bits per heavy atom. The van der Waals surface area contributed by atoms with Gasteiger partial charge in [-0.2, -0.15) is 0 Å². The highest BCUT2D eigenvalue weighted by Gasteiger charge is 2.23. The van der Waals surface area contributed by atoms with E-state index in [9.17, 15) is 13.5 Å². The van der Waals surface area contributed by atoms with Crippen LogP contribution in [0.5, 0.6) is 0 Å². The minimum Gasteiger partial charge on any atom is -0.387 e. The Morgan fingerprint density at radius 2 is 1.71 bits per heavy atom. The third-order valence-corrected chi connectivity index (χ3v) is 5.54. The molecule has 1 unspecified atom stereocenters. The molecule has 112 valence electrons. The number of aliphatic hydroxyl groups excluding tert-OH is 1. The highest BCUT2D eigenvalue weighted by atomic mass is 35.5. The molecule has 0 amide bonds. The first-order valence-electron chi connectivity index (χ1n) is 6.68. The van der Waals surface area contributed by atoms with Crippen molar-refractivity contribution >= 4 is 21.4 Å². The third kappa shape index (κ3) is 3.84. The van der Waals surface area contributed by atoms with Crippen LogP contribution in [0.1, 0.15) is 24.2 Å². The molecule has 21 heavy (non-hydrogen) atoms. The molecule has 0 spiro atoms. The van der Waals surface area contributed by atoms with E-state index in [1.807, 2.05) is 19.1 Å². The Hall–Kier alpha value is -1.36. The fraction of sp³-hybridized carbons (Fsp3) is 0.250. The van der Waals surface area contributed by atoms with Crippen molar-refractivity contribution in [2.45, 2.75) is 24.3 Å². The van der Waals surface area contributed by atoms with Gasteiger partial charge in [-0.15, -0.1) is 0 Å². The van der Waals surface area contributed by atoms with E-state index in [-0.39, 0.29) is 15.7 Å². The van der Waals surface area contributed by atoms with E-state index in [0.717, 1.165) is 12.0 Å². The predicted molar refractivity (Wildman–Crippen MR) is 84.3 cm³/mol. The van der Waals surface area contributed by atoms with Crippen LogP contribution in [-0.2, 0) is 16.3 Å². The third-order valence-electron chi connectivity index (χ3n) is 3.32. The van der Waals surface area contributed by atoms with Crippen LogP contribution >= 0.6 is 11.6 Å². The number of aliphatic hydroxyl groups is 1. The maximum atomic E-state index is 12.3. The molecule has 0 aliphatic heterocycles. The van der Waals surface area contributed by atoms with Crippen molar-refractivity contribution in [3.63, 3.8) is 0 Å². The lowest BCUT2D eigenvalue weighted by Crippen LogP contribution is -2.15. The summed E-state index contributed by atoms with van der Waals surface area (Å²) >= 11 is 5.92. The SMILES string of the molecule is CCc1ccc(C(O)CS(=O)(=O)c2ccccc2Cl)cc1. The van der Waals surface area contributed by atoms with Crippen molar-refractivity contribution in [1.29, 1.82) is 0 Å². The minimum atomic E-state index is -3.64. The van der Waals surface area contributed by atoms with E-state index in [2.05, 4.69) is 0 Å². The van der Waals surface area contributed by atoms with Gasteiger partial charge in [0.15, 0.2) is 9.84 Å². The second-order valence-corrected chi connectivity index (χ2v) is 7.23. The molecule has 0 aliphatic carbocycles. The molecule has 3 nitrogen and oxygen atoms in total. The second kappa shape index (κ2) is 6.60. The Morgan fingerprint density at radius 3 is 2.29 bits per heavy atom. The zero-order chi connectivity index (χ0) is 15.5. The van der Waals surface area contributed by atoms with Gasteiger partial charge in [-0.05, 0) is 29.7 Å². The summed E-state index contributed by atoms with van der Waals surface area (Å²) in [5.41, 5.74) is 1.72. The standard InChI is InChI=1S/C16H17ClO3S/c1-2-12-7-9-13(10-8-12)15(18)11-21(19,20)16-6-4-3-5-14(16)17/h3-10,15,18H,2,11H2,1H3. The van der Waals surface area contributed by atoms with E-state index >= 15 is 0 Å². The molecule has 2 aromatic rings. The second-order valence-electron chi connectivity index (χ2n) is 4.82. The van der Waals surface area contributed by atoms with Gasteiger partial charge in [0, 0.05) is 0 Å². The van der Waals surface area contributed by atoms with Gasteiger partial charge in [-0.25, -0.2) is 8.42 Å². The van der Waals surface area contributed by atoms with E-state index in [0.29, 0.717) is 5.56 Å². The van der Waals surface area contributed by atoms with Crippen molar-refractivity contribution in [2.24, 2.45) is 0 Å². The van der Waals surface area contributed by atoms with Gasteiger partial charge >= 0.3 is 0 Å². The van der Waals surface area contributed by atoms with Crippen LogP contribution < -0.4 is 0 Å². The lowest BCUT2D eigenvalue weighted by molar-refractivity contribution is 0.201. The highest BCUT2D eigenvalue weighted by Crippen LogP contribution is 2.25. The molecule has 0 aliphatic rings. The molecule has 0 fully saturated rings. The smallest absolute Gasteiger partial charge is 0.182 e. The van der Waals surface area contributed by atoms with Crippen LogP contribution in [0, 0.1) is 0 Å². The van der Waals surface area contributed by atoms with Crippen molar-refractivity contribution in [3.8, 4) is 0 Å². The number of sulfone groups is 1. The summed E-state index contributed by atoms with van der Waals surface area (Å²) < 4.78 is 24.6. The van der Waals surface area contributed by atoms with Gasteiger partial charge in [-0.3, -0.25) is 0 Å². The molecular weight excluding hydrogens is 308 g/mol. The number of aryl methyl sites for hydroxylation is 1. The molecule has 0 radical (unpaired) electrons. The summed E-state index contributed by atoms with van der Waals surface area (Å²) in [5.74, 6) is -0.387. The van der Waals surface area contributed by atoms with Crippen LogP contribution in [0.15, 0.2) is 53.4 Å². The number of rotatable bonds is 5. The minimum absolute atomic E-state index is 0.0518. The molecule has 0 heterocycles. The number of halogens is 1. The van der Waals surface area contributed by atoms with Crippen LogP contribution in [0.3, 0.4) is 0 Å². The summed E-state index contributed by atoms with van der Waals surface area (Å²) in [6.07, 6.45) is -0.175. The largest absolute Gasteiger partial charge is 0.387 e. The number of hydrogen-bond acceptors (Lipinski definition) is 3. The van der Waals surface area contributed by atoms with E-state index in [1.165, 1.54) is 12.1 Å². The Balaban J connectivity index is 2.21. The summed E-state index contributed by atoms with van der Waals surface area (Å²) in [5, 5.41) is 10.3. The van der Waals surface area contributed by atoms with Crippen LogP contribution in [0.2, 0.25) is 5.02 Å². The van der Waals surface area contributed by atoms with E-state index in [4.69, 9.17) is 11.6 Å². The van der Waals surface area contributed by atoms with Crippen LogP contribution in [-0.4, -0.2) is 19.3 Å². The average Bonchev–Trinajstić information content (AvgIpc) is 2.47. The molecule has 1 atom stereocenters. The van der Waals surface area contributed by atoms with Gasteiger partial charge in [0.05, 0.1) is 21.8 Å². The van der Waals surface area contributed by atoms with Crippen molar-refractivity contribution in [3.05, 3.63) is 64.7 Å². The van der Waals surface area contributed by atoms with E-state index in [1.54, 1.807) is 24.3 Å². The average molecular weight is 325 g/mol. The van der Waals surface area contributed by atoms with Crippen LogP contribution in [0.4, 0.5) is 0 Å². The maximum absolute atomic E-state index is 12.3. The monoisotopic (exact) mass is 324 g/mol. The summed E-state index contributed by atoms with van der Waals surface area (Å²) in [4.78, 5) is 0.0518. The zero-order valence-electron chi connectivity index (χ0n) is 11.7. The molecule has 0 saturated heterocycles. The molecular formula is C16H17ClO3S. The summed E-state index contributed by atoms with van der Waals surface area (Å²) in [6, 6.07) is 13.5. The predicted octanol–water partition coefficient (Wildman–Crippen LogP) is 3.41.